The molecule has 0 spiro atoms. The number of Topliss-reactive ketones (excluding diaryl/α,β-unsaturated/α-hetero) is 1. The van der Waals surface area contributed by atoms with Gasteiger partial charge in [0.2, 0.25) is 0 Å². The maximum atomic E-state index is 12.2. The van der Waals surface area contributed by atoms with Gasteiger partial charge in [-0.2, -0.15) is 0 Å². The predicted molar refractivity (Wildman–Crippen MR) is 68.9 cm³/mol. The van der Waals surface area contributed by atoms with Crippen molar-refractivity contribution in [3.63, 3.8) is 0 Å². The van der Waals surface area contributed by atoms with Gasteiger partial charge in [-0.25, -0.2) is 0 Å². The molecule has 3 fully saturated rings. The van der Waals surface area contributed by atoms with Crippen LogP contribution in [-0.2, 0) is 4.79 Å². The molecule has 0 aromatic rings. The van der Waals surface area contributed by atoms with Crippen molar-refractivity contribution >= 4 is 5.78 Å². The number of nitrogens with zero attached hydrogens (tertiary/aromatic N) is 1. The van der Waals surface area contributed by atoms with E-state index in [4.69, 9.17) is 0 Å². The summed E-state index contributed by atoms with van der Waals surface area (Å²) in [5, 5.41) is 0. The third-order valence-electron chi connectivity index (χ3n) is 5.50. The Kier molecular flexibility index (Phi) is 3.25. The number of hydrogen-bond acceptors (Lipinski definition) is 2. The van der Waals surface area contributed by atoms with E-state index in [-0.39, 0.29) is 0 Å². The molecule has 2 nitrogen and oxygen atoms in total. The molecule has 3 aliphatic rings. The molecule has 0 amide bonds. The number of ketones is 1. The molecule has 2 aliphatic heterocycles. The summed E-state index contributed by atoms with van der Waals surface area (Å²) in [6.07, 6.45) is 11.1. The van der Waals surface area contributed by atoms with Gasteiger partial charge in [-0.15, -0.1) is 0 Å². The lowest BCUT2D eigenvalue weighted by molar-refractivity contribution is -0.124. The second kappa shape index (κ2) is 4.72. The van der Waals surface area contributed by atoms with Crippen LogP contribution < -0.4 is 0 Å². The van der Waals surface area contributed by atoms with Crippen molar-refractivity contribution in [1.82, 2.24) is 4.90 Å². The number of rotatable bonds is 3. The van der Waals surface area contributed by atoms with Gasteiger partial charge in [0.05, 0.1) is 0 Å². The second-order valence-electron chi connectivity index (χ2n) is 6.54. The fourth-order valence-corrected chi connectivity index (χ4v) is 4.39. The molecule has 2 atom stereocenters. The van der Waals surface area contributed by atoms with Crippen LogP contribution in [0.25, 0.3) is 0 Å². The first-order valence-electron chi connectivity index (χ1n) is 7.48. The Bertz CT molecular complexity index is 281. The van der Waals surface area contributed by atoms with Crippen molar-refractivity contribution in [3.05, 3.63) is 0 Å². The summed E-state index contributed by atoms with van der Waals surface area (Å²) in [6, 6.07) is 1.57. The van der Waals surface area contributed by atoms with Gasteiger partial charge in [0.25, 0.3) is 0 Å². The molecule has 96 valence electrons. The minimum absolute atomic E-state index is 0.437. The zero-order chi connectivity index (χ0) is 11.8. The van der Waals surface area contributed by atoms with Crippen LogP contribution in [0.1, 0.15) is 57.8 Å². The van der Waals surface area contributed by atoms with Gasteiger partial charge in [0, 0.05) is 24.4 Å². The molecule has 17 heavy (non-hydrogen) atoms. The van der Waals surface area contributed by atoms with Crippen LogP contribution in [0.15, 0.2) is 0 Å². The summed E-state index contributed by atoms with van der Waals surface area (Å²) in [6.45, 7) is 0. The highest BCUT2D eigenvalue weighted by atomic mass is 16.1. The first kappa shape index (κ1) is 11.7. The van der Waals surface area contributed by atoms with Gasteiger partial charge in [0.15, 0.2) is 0 Å². The molecule has 0 N–H and O–H groups in total. The zero-order valence-corrected chi connectivity index (χ0v) is 11.0. The Morgan fingerprint density at radius 1 is 1.06 bits per heavy atom. The highest BCUT2D eigenvalue weighted by Crippen LogP contribution is 2.39. The smallest absolute Gasteiger partial charge is 0.136 e. The average molecular weight is 235 g/mol. The van der Waals surface area contributed by atoms with Gasteiger partial charge in [-0.05, 0) is 51.5 Å². The number of piperidine rings is 1. The molecular weight excluding hydrogens is 210 g/mol. The minimum atomic E-state index is 0.437. The van der Waals surface area contributed by atoms with Crippen LogP contribution in [0.5, 0.6) is 0 Å². The molecule has 2 unspecified atom stereocenters. The molecule has 2 saturated heterocycles. The lowest BCUT2D eigenvalue weighted by Gasteiger charge is -2.36. The van der Waals surface area contributed by atoms with Crippen LogP contribution >= 0.6 is 0 Å². The largest absolute Gasteiger partial charge is 0.300 e. The maximum absolute atomic E-state index is 12.2. The van der Waals surface area contributed by atoms with Crippen molar-refractivity contribution < 1.29 is 4.79 Å². The van der Waals surface area contributed by atoms with E-state index in [1.54, 1.807) is 0 Å². The Morgan fingerprint density at radius 3 is 2.24 bits per heavy atom. The SMILES string of the molecule is CN1C2CCC1CC(CC(=O)C1CCCC1)C2. The summed E-state index contributed by atoms with van der Waals surface area (Å²) in [7, 11) is 2.28. The maximum Gasteiger partial charge on any atom is 0.136 e. The van der Waals surface area contributed by atoms with Crippen molar-refractivity contribution in [3.8, 4) is 0 Å². The van der Waals surface area contributed by atoms with E-state index in [1.165, 1.54) is 51.4 Å². The average Bonchev–Trinajstić information content (AvgIpc) is 2.88. The van der Waals surface area contributed by atoms with E-state index in [1.807, 2.05) is 0 Å². The number of carbonyl (C=O) groups is 1. The Morgan fingerprint density at radius 2 is 1.65 bits per heavy atom. The molecule has 1 saturated carbocycles. The Balaban J connectivity index is 1.54. The minimum Gasteiger partial charge on any atom is -0.300 e. The first-order chi connectivity index (χ1) is 8.24. The first-order valence-corrected chi connectivity index (χ1v) is 7.48. The van der Waals surface area contributed by atoms with Crippen LogP contribution in [0.3, 0.4) is 0 Å². The summed E-state index contributed by atoms with van der Waals surface area (Å²) in [4.78, 5) is 14.8. The molecule has 0 radical (unpaired) electrons. The van der Waals surface area contributed by atoms with Crippen LogP contribution in [0.2, 0.25) is 0 Å². The molecule has 2 heteroatoms. The summed E-state index contributed by atoms with van der Waals surface area (Å²) in [5.41, 5.74) is 0. The standard InChI is InChI=1S/C15H25NO/c1-16-13-6-7-14(16)9-11(8-13)10-15(17)12-4-2-3-5-12/h11-14H,2-10H2,1H3. The highest BCUT2D eigenvalue weighted by molar-refractivity contribution is 5.81. The fraction of sp³-hybridized carbons (Fsp3) is 0.933. The molecule has 2 heterocycles. The van der Waals surface area contributed by atoms with Crippen molar-refractivity contribution in [2.75, 3.05) is 7.05 Å². The third-order valence-corrected chi connectivity index (χ3v) is 5.50. The van der Waals surface area contributed by atoms with Gasteiger partial charge in [-0.3, -0.25) is 4.79 Å². The van der Waals surface area contributed by atoms with Crippen molar-refractivity contribution in [2.24, 2.45) is 11.8 Å². The molecule has 0 aromatic heterocycles. The van der Waals surface area contributed by atoms with E-state index in [0.717, 1.165) is 18.5 Å². The Hall–Kier alpha value is -0.370. The van der Waals surface area contributed by atoms with E-state index < -0.39 is 0 Å². The van der Waals surface area contributed by atoms with Crippen molar-refractivity contribution in [2.45, 2.75) is 69.9 Å². The summed E-state index contributed by atoms with van der Waals surface area (Å²) >= 11 is 0. The highest BCUT2D eigenvalue weighted by Gasteiger charge is 2.39. The topological polar surface area (TPSA) is 20.3 Å². The predicted octanol–water partition coefficient (Wildman–Crippen LogP) is 3.01. The second-order valence-corrected chi connectivity index (χ2v) is 6.54. The monoisotopic (exact) mass is 235 g/mol. The summed E-state index contributed by atoms with van der Waals surface area (Å²) < 4.78 is 0. The van der Waals surface area contributed by atoms with Crippen LogP contribution in [0, 0.1) is 11.8 Å². The molecular formula is C15H25NO. The van der Waals surface area contributed by atoms with Crippen molar-refractivity contribution in [1.29, 1.82) is 0 Å². The zero-order valence-electron chi connectivity index (χ0n) is 11.0. The Labute approximate surface area is 105 Å². The fourth-order valence-electron chi connectivity index (χ4n) is 4.39. The lowest BCUT2D eigenvalue weighted by Crippen LogP contribution is -2.40. The normalized spacial score (nSPS) is 38.8. The molecule has 1 aliphatic carbocycles. The summed E-state index contributed by atoms with van der Waals surface area (Å²) in [5.74, 6) is 1.74. The quantitative estimate of drug-likeness (QED) is 0.749. The molecule has 2 bridgehead atoms. The number of carbonyl (C=O) groups excluding carboxylic acids is 1. The van der Waals surface area contributed by atoms with Gasteiger partial charge < -0.3 is 4.90 Å². The van der Waals surface area contributed by atoms with Crippen LogP contribution in [-0.4, -0.2) is 29.8 Å². The van der Waals surface area contributed by atoms with E-state index in [9.17, 15) is 4.79 Å². The molecule has 3 rings (SSSR count). The van der Waals surface area contributed by atoms with Crippen LogP contribution in [0.4, 0.5) is 0 Å². The van der Waals surface area contributed by atoms with Gasteiger partial charge in [-0.1, -0.05) is 12.8 Å². The van der Waals surface area contributed by atoms with Gasteiger partial charge in [0.1, 0.15) is 5.78 Å². The van der Waals surface area contributed by atoms with Gasteiger partial charge >= 0.3 is 0 Å². The van der Waals surface area contributed by atoms with E-state index >= 15 is 0 Å². The molecule has 0 aromatic carbocycles. The van der Waals surface area contributed by atoms with E-state index in [2.05, 4.69) is 11.9 Å². The third kappa shape index (κ3) is 2.29. The van der Waals surface area contributed by atoms with E-state index in [0.29, 0.717) is 17.6 Å². The number of hydrogen-bond donors (Lipinski definition) is 0. The number of fused-ring (bicyclic) bond motifs is 2. The lowest BCUT2D eigenvalue weighted by atomic mass is 9.84.